The number of benzene rings is 1. The molecule has 1 aromatic carbocycles. The van der Waals surface area contributed by atoms with Crippen LogP contribution in [-0.2, 0) is 13.1 Å². The summed E-state index contributed by atoms with van der Waals surface area (Å²) in [4.78, 5) is 3.58. The van der Waals surface area contributed by atoms with Crippen molar-refractivity contribution in [1.82, 2.24) is 5.32 Å². The van der Waals surface area contributed by atoms with Crippen LogP contribution in [0.3, 0.4) is 0 Å². The topological polar surface area (TPSA) is 15.3 Å². The minimum Gasteiger partial charge on any atom is -0.369 e. The Labute approximate surface area is 130 Å². The molecule has 0 aliphatic rings. The molecule has 1 aromatic heterocycles. The number of halogens is 1. The fourth-order valence-corrected chi connectivity index (χ4v) is 3.04. The molecule has 1 N–H and O–H groups in total. The van der Waals surface area contributed by atoms with Gasteiger partial charge in [0.25, 0.3) is 0 Å². The van der Waals surface area contributed by atoms with Crippen LogP contribution in [0.15, 0.2) is 35.7 Å². The van der Waals surface area contributed by atoms with Crippen LogP contribution in [0.2, 0.25) is 5.02 Å². The van der Waals surface area contributed by atoms with Crippen LogP contribution in [0.5, 0.6) is 0 Å². The van der Waals surface area contributed by atoms with Crippen molar-refractivity contribution in [2.24, 2.45) is 0 Å². The number of hydrogen-bond acceptors (Lipinski definition) is 3. The molecule has 4 heteroatoms. The average Bonchev–Trinajstić information content (AvgIpc) is 2.93. The maximum atomic E-state index is 6.37. The van der Waals surface area contributed by atoms with Gasteiger partial charge in [0.2, 0.25) is 0 Å². The molecule has 0 spiro atoms. The Bertz CT molecular complexity index is 525. The van der Waals surface area contributed by atoms with Gasteiger partial charge in [-0.1, -0.05) is 30.7 Å². The monoisotopic (exact) mass is 308 g/mol. The normalized spacial score (nSPS) is 10.8. The highest BCUT2D eigenvalue weighted by Gasteiger charge is 2.06. The molecule has 0 bridgehead atoms. The van der Waals surface area contributed by atoms with Crippen molar-refractivity contribution in [2.45, 2.75) is 26.4 Å². The third-order valence-electron chi connectivity index (χ3n) is 3.19. The summed E-state index contributed by atoms with van der Waals surface area (Å²) in [7, 11) is 2.10. The molecule has 0 fully saturated rings. The lowest BCUT2D eigenvalue weighted by Crippen LogP contribution is -2.16. The molecule has 2 aromatic rings. The van der Waals surface area contributed by atoms with Gasteiger partial charge in [-0.05, 0) is 42.1 Å². The molecule has 0 atom stereocenters. The van der Waals surface area contributed by atoms with Gasteiger partial charge in [0.05, 0.1) is 6.54 Å². The summed E-state index contributed by atoms with van der Waals surface area (Å²) < 4.78 is 0. The van der Waals surface area contributed by atoms with Crippen molar-refractivity contribution in [3.05, 3.63) is 51.2 Å². The van der Waals surface area contributed by atoms with Crippen LogP contribution in [-0.4, -0.2) is 13.6 Å². The first kappa shape index (κ1) is 15.4. The van der Waals surface area contributed by atoms with Crippen LogP contribution < -0.4 is 10.2 Å². The third kappa shape index (κ3) is 4.23. The van der Waals surface area contributed by atoms with Gasteiger partial charge in [0, 0.05) is 29.2 Å². The maximum absolute atomic E-state index is 6.37. The Balaban J connectivity index is 2.00. The number of thiophene rings is 1. The molecule has 0 aliphatic heterocycles. The smallest absolute Gasteiger partial charge is 0.0519 e. The molecule has 20 heavy (non-hydrogen) atoms. The highest BCUT2D eigenvalue weighted by molar-refractivity contribution is 7.09. The second kappa shape index (κ2) is 7.67. The lowest BCUT2D eigenvalue weighted by atomic mass is 10.2. The van der Waals surface area contributed by atoms with Crippen LogP contribution in [0.4, 0.5) is 5.69 Å². The van der Waals surface area contributed by atoms with Crippen LogP contribution in [0.1, 0.15) is 23.8 Å². The molecule has 0 amide bonds. The van der Waals surface area contributed by atoms with E-state index in [1.165, 1.54) is 4.88 Å². The Morgan fingerprint density at radius 1 is 1.30 bits per heavy atom. The van der Waals surface area contributed by atoms with Crippen LogP contribution in [0.25, 0.3) is 0 Å². The first-order chi connectivity index (χ1) is 9.70. The van der Waals surface area contributed by atoms with Gasteiger partial charge in [0.15, 0.2) is 0 Å². The molecule has 1 heterocycles. The van der Waals surface area contributed by atoms with Crippen molar-refractivity contribution >= 4 is 28.6 Å². The summed E-state index contributed by atoms with van der Waals surface area (Å²) in [5.41, 5.74) is 2.32. The number of nitrogens with one attached hydrogen (secondary N) is 1. The molecule has 0 unspecified atom stereocenters. The second-order valence-electron chi connectivity index (χ2n) is 4.89. The zero-order chi connectivity index (χ0) is 14.4. The lowest BCUT2D eigenvalue weighted by molar-refractivity contribution is 0.675. The van der Waals surface area contributed by atoms with Gasteiger partial charge in [-0.3, -0.25) is 0 Å². The van der Waals surface area contributed by atoms with E-state index in [1.807, 2.05) is 0 Å². The van der Waals surface area contributed by atoms with E-state index in [0.29, 0.717) is 0 Å². The predicted molar refractivity (Wildman–Crippen MR) is 89.9 cm³/mol. The molecule has 108 valence electrons. The zero-order valence-electron chi connectivity index (χ0n) is 12.0. The van der Waals surface area contributed by atoms with Crippen molar-refractivity contribution in [1.29, 1.82) is 0 Å². The van der Waals surface area contributed by atoms with E-state index in [0.717, 1.165) is 42.3 Å². The van der Waals surface area contributed by atoms with Gasteiger partial charge >= 0.3 is 0 Å². The molecule has 2 nitrogen and oxygen atoms in total. The van der Waals surface area contributed by atoms with Gasteiger partial charge in [-0.25, -0.2) is 0 Å². The quantitative estimate of drug-likeness (QED) is 0.756. The Hall–Kier alpha value is -1.03. The molecule has 2 rings (SSSR count). The van der Waals surface area contributed by atoms with E-state index >= 15 is 0 Å². The second-order valence-corrected chi connectivity index (χ2v) is 6.33. The summed E-state index contributed by atoms with van der Waals surface area (Å²) in [5.74, 6) is 0. The number of anilines is 1. The van der Waals surface area contributed by atoms with Gasteiger partial charge in [-0.2, -0.15) is 0 Å². The Morgan fingerprint density at radius 3 is 2.80 bits per heavy atom. The van der Waals surface area contributed by atoms with Crippen LogP contribution >= 0.6 is 22.9 Å². The SMILES string of the molecule is CCCNCc1ccc(N(C)Cc2cccs2)cc1Cl. The minimum atomic E-state index is 0.835. The van der Waals surface area contributed by atoms with E-state index in [-0.39, 0.29) is 0 Å². The van der Waals surface area contributed by atoms with Crippen molar-refractivity contribution in [2.75, 3.05) is 18.5 Å². The summed E-state index contributed by atoms with van der Waals surface area (Å²) >= 11 is 8.15. The predicted octanol–water partition coefficient (Wildman–Crippen LogP) is 4.54. The highest BCUT2D eigenvalue weighted by Crippen LogP contribution is 2.24. The van der Waals surface area contributed by atoms with E-state index in [4.69, 9.17) is 11.6 Å². The first-order valence-corrected chi connectivity index (χ1v) is 8.19. The zero-order valence-corrected chi connectivity index (χ0v) is 13.6. The first-order valence-electron chi connectivity index (χ1n) is 6.93. The summed E-state index contributed by atoms with van der Waals surface area (Å²) in [6.45, 7) is 4.94. The van der Waals surface area contributed by atoms with Crippen molar-refractivity contribution < 1.29 is 0 Å². The summed E-state index contributed by atoms with van der Waals surface area (Å²) in [6, 6.07) is 10.6. The fourth-order valence-electron chi connectivity index (χ4n) is 2.04. The number of rotatable bonds is 7. The molecule has 0 aliphatic carbocycles. The number of nitrogens with zero attached hydrogens (tertiary/aromatic N) is 1. The van der Waals surface area contributed by atoms with E-state index in [2.05, 4.69) is 59.9 Å². The minimum absolute atomic E-state index is 0.835. The van der Waals surface area contributed by atoms with E-state index in [9.17, 15) is 0 Å². The van der Waals surface area contributed by atoms with Gasteiger partial charge < -0.3 is 10.2 Å². The fraction of sp³-hybridized carbons (Fsp3) is 0.375. The molecule has 0 radical (unpaired) electrons. The highest BCUT2D eigenvalue weighted by atomic mass is 35.5. The van der Waals surface area contributed by atoms with Crippen molar-refractivity contribution in [3.8, 4) is 0 Å². The molecular weight excluding hydrogens is 288 g/mol. The standard InChI is InChI=1S/C16H21ClN2S/c1-3-8-18-11-13-6-7-14(10-16(13)17)19(2)12-15-5-4-9-20-15/h4-7,9-10,18H,3,8,11-12H2,1-2H3. The third-order valence-corrected chi connectivity index (χ3v) is 4.41. The van der Waals surface area contributed by atoms with E-state index < -0.39 is 0 Å². The lowest BCUT2D eigenvalue weighted by Gasteiger charge is -2.19. The van der Waals surface area contributed by atoms with Crippen LogP contribution in [0, 0.1) is 0 Å². The molecule has 0 saturated carbocycles. The summed E-state index contributed by atoms with van der Waals surface area (Å²) in [5, 5.41) is 6.33. The van der Waals surface area contributed by atoms with Gasteiger partial charge in [-0.15, -0.1) is 11.3 Å². The number of hydrogen-bond donors (Lipinski definition) is 1. The van der Waals surface area contributed by atoms with E-state index in [1.54, 1.807) is 11.3 Å². The Morgan fingerprint density at radius 2 is 2.15 bits per heavy atom. The summed E-state index contributed by atoms with van der Waals surface area (Å²) in [6.07, 6.45) is 1.14. The average molecular weight is 309 g/mol. The maximum Gasteiger partial charge on any atom is 0.0519 e. The van der Waals surface area contributed by atoms with Crippen molar-refractivity contribution in [3.63, 3.8) is 0 Å². The molecular formula is C16H21ClN2S. The molecule has 0 saturated heterocycles. The largest absolute Gasteiger partial charge is 0.369 e. The Kier molecular flexibility index (Phi) is 5.89. The van der Waals surface area contributed by atoms with Gasteiger partial charge in [0.1, 0.15) is 0 Å².